The first-order valence-corrected chi connectivity index (χ1v) is 6.20. The van der Waals surface area contributed by atoms with Crippen LogP contribution in [0.15, 0.2) is 12.1 Å². The van der Waals surface area contributed by atoms with Crippen LogP contribution in [0.25, 0.3) is 0 Å². The lowest BCUT2D eigenvalue weighted by molar-refractivity contribution is 0.297. The molecule has 0 saturated heterocycles. The fourth-order valence-electron chi connectivity index (χ4n) is 1.79. The molecule has 1 aliphatic rings. The second kappa shape index (κ2) is 5.07. The van der Waals surface area contributed by atoms with Crippen LogP contribution in [0.1, 0.15) is 24.0 Å². The molecule has 0 heterocycles. The molecule has 16 heavy (non-hydrogen) atoms. The fraction of sp³-hybridized carbons (Fsp3) is 0.538. The Morgan fingerprint density at radius 2 is 2.19 bits per heavy atom. The highest BCUT2D eigenvalue weighted by atomic mass is 35.5. The van der Waals surface area contributed by atoms with E-state index < -0.39 is 0 Å². The van der Waals surface area contributed by atoms with Gasteiger partial charge in [-0.15, -0.1) is 0 Å². The van der Waals surface area contributed by atoms with Crippen LogP contribution in [0, 0.1) is 12.8 Å². The Labute approximate surface area is 102 Å². The third kappa shape index (κ3) is 2.89. The normalized spacial score (nSPS) is 15.2. The van der Waals surface area contributed by atoms with Crippen molar-refractivity contribution in [2.24, 2.45) is 11.7 Å². The Morgan fingerprint density at radius 1 is 1.44 bits per heavy atom. The third-order valence-corrected chi connectivity index (χ3v) is 3.12. The van der Waals surface area contributed by atoms with Gasteiger partial charge in [0.25, 0.3) is 0 Å². The highest BCUT2D eigenvalue weighted by Gasteiger charge is 2.23. The van der Waals surface area contributed by atoms with Gasteiger partial charge in [0.1, 0.15) is 5.75 Å². The Bertz CT molecular complexity index is 374. The minimum Gasteiger partial charge on any atom is -0.491 e. The minimum absolute atomic E-state index is 0.625. The molecule has 0 radical (unpaired) electrons. The molecule has 0 spiro atoms. The summed E-state index contributed by atoms with van der Waals surface area (Å²) < 4.78 is 5.81. The Morgan fingerprint density at radius 3 is 2.81 bits per heavy atom. The molecule has 2 N–H and O–H groups in total. The van der Waals surface area contributed by atoms with Crippen molar-refractivity contribution in [2.45, 2.75) is 26.2 Å². The maximum Gasteiger partial charge on any atom is 0.141 e. The highest BCUT2D eigenvalue weighted by molar-refractivity contribution is 6.32. The molecule has 0 aliphatic heterocycles. The van der Waals surface area contributed by atoms with Gasteiger partial charge in [-0.3, -0.25) is 0 Å². The Balaban J connectivity index is 2.16. The van der Waals surface area contributed by atoms with Gasteiger partial charge >= 0.3 is 0 Å². The van der Waals surface area contributed by atoms with Crippen LogP contribution in [-0.2, 0) is 6.42 Å². The van der Waals surface area contributed by atoms with Gasteiger partial charge in [0.15, 0.2) is 0 Å². The first kappa shape index (κ1) is 11.7. The molecule has 0 bridgehead atoms. The molecule has 1 saturated carbocycles. The van der Waals surface area contributed by atoms with Crippen LogP contribution in [0.2, 0.25) is 5.02 Å². The highest BCUT2D eigenvalue weighted by Crippen LogP contribution is 2.34. The van der Waals surface area contributed by atoms with Gasteiger partial charge in [0.05, 0.1) is 11.6 Å². The van der Waals surface area contributed by atoms with E-state index in [-0.39, 0.29) is 0 Å². The second-order valence-corrected chi connectivity index (χ2v) is 4.94. The molecule has 2 nitrogen and oxygen atoms in total. The molecule has 1 aromatic carbocycles. The van der Waals surface area contributed by atoms with Gasteiger partial charge in [-0.05, 0) is 55.8 Å². The van der Waals surface area contributed by atoms with Gasteiger partial charge in [0.2, 0.25) is 0 Å². The van der Waals surface area contributed by atoms with Gasteiger partial charge < -0.3 is 10.5 Å². The van der Waals surface area contributed by atoms with Crippen LogP contribution in [0.4, 0.5) is 0 Å². The van der Waals surface area contributed by atoms with Crippen molar-refractivity contribution in [1.82, 2.24) is 0 Å². The van der Waals surface area contributed by atoms with E-state index in [1.807, 2.05) is 13.0 Å². The van der Waals surface area contributed by atoms with Crippen LogP contribution in [0.5, 0.6) is 5.75 Å². The summed E-state index contributed by atoms with van der Waals surface area (Å²) in [5.41, 5.74) is 7.89. The SMILES string of the molecule is Cc1cc(Cl)c(OCC2CC2)c(CCN)c1. The summed E-state index contributed by atoms with van der Waals surface area (Å²) in [6, 6.07) is 4.06. The van der Waals surface area contributed by atoms with Crippen molar-refractivity contribution < 1.29 is 4.74 Å². The summed E-state index contributed by atoms with van der Waals surface area (Å²) in [6.07, 6.45) is 3.40. The van der Waals surface area contributed by atoms with Gasteiger partial charge in [-0.2, -0.15) is 0 Å². The van der Waals surface area contributed by atoms with Crippen LogP contribution < -0.4 is 10.5 Å². The van der Waals surface area contributed by atoms with E-state index in [0.29, 0.717) is 11.6 Å². The summed E-state index contributed by atoms with van der Waals surface area (Å²) >= 11 is 6.21. The standard InChI is InChI=1S/C13H18ClNO/c1-9-6-11(4-5-15)13(12(14)7-9)16-8-10-2-3-10/h6-7,10H,2-5,8,15H2,1H3. The van der Waals surface area contributed by atoms with Crippen LogP contribution in [-0.4, -0.2) is 13.2 Å². The molecule has 1 aliphatic carbocycles. The average molecular weight is 240 g/mol. The number of rotatable bonds is 5. The number of halogens is 1. The third-order valence-electron chi connectivity index (χ3n) is 2.84. The minimum atomic E-state index is 0.625. The number of ether oxygens (including phenoxy) is 1. The summed E-state index contributed by atoms with van der Waals surface area (Å²) in [5, 5.41) is 0.712. The predicted molar refractivity (Wildman–Crippen MR) is 67.2 cm³/mol. The van der Waals surface area contributed by atoms with E-state index in [0.717, 1.165) is 35.8 Å². The quantitative estimate of drug-likeness (QED) is 0.858. The molecule has 2 rings (SSSR count). The number of benzene rings is 1. The molecule has 88 valence electrons. The lowest BCUT2D eigenvalue weighted by atomic mass is 10.1. The lowest BCUT2D eigenvalue weighted by Gasteiger charge is -2.13. The zero-order valence-corrected chi connectivity index (χ0v) is 10.4. The van der Waals surface area contributed by atoms with E-state index >= 15 is 0 Å². The van der Waals surface area contributed by atoms with E-state index in [1.54, 1.807) is 0 Å². The zero-order valence-electron chi connectivity index (χ0n) is 9.63. The first-order chi connectivity index (χ1) is 7.70. The summed E-state index contributed by atoms with van der Waals surface area (Å²) in [5.74, 6) is 1.58. The van der Waals surface area contributed by atoms with Gasteiger partial charge in [0, 0.05) is 0 Å². The lowest BCUT2D eigenvalue weighted by Crippen LogP contribution is -2.07. The topological polar surface area (TPSA) is 35.2 Å². The van der Waals surface area contributed by atoms with Crippen molar-refractivity contribution in [2.75, 3.05) is 13.2 Å². The summed E-state index contributed by atoms with van der Waals surface area (Å²) in [4.78, 5) is 0. The zero-order chi connectivity index (χ0) is 11.5. The average Bonchev–Trinajstić information content (AvgIpc) is 3.00. The van der Waals surface area contributed by atoms with Crippen molar-refractivity contribution in [1.29, 1.82) is 0 Å². The summed E-state index contributed by atoms with van der Waals surface area (Å²) in [6.45, 7) is 3.45. The van der Waals surface area contributed by atoms with E-state index in [4.69, 9.17) is 22.1 Å². The molecule has 1 aromatic rings. The van der Waals surface area contributed by atoms with E-state index in [9.17, 15) is 0 Å². The van der Waals surface area contributed by atoms with Crippen LogP contribution in [0.3, 0.4) is 0 Å². The van der Waals surface area contributed by atoms with E-state index in [1.165, 1.54) is 12.8 Å². The molecule has 3 heteroatoms. The smallest absolute Gasteiger partial charge is 0.141 e. The second-order valence-electron chi connectivity index (χ2n) is 4.53. The Hall–Kier alpha value is -0.730. The number of hydrogen-bond donors (Lipinski definition) is 1. The van der Waals surface area contributed by atoms with Gasteiger partial charge in [-0.25, -0.2) is 0 Å². The molecule has 0 aromatic heterocycles. The largest absolute Gasteiger partial charge is 0.491 e. The van der Waals surface area contributed by atoms with Crippen molar-refractivity contribution >= 4 is 11.6 Å². The predicted octanol–water partition coefficient (Wildman–Crippen LogP) is 2.94. The molecule has 1 fully saturated rings. The van der Waals surface area contributed by atoms with Gasteiger partial charge in [-0.1, -0.05) is 17.7 Å². The van der Waals surface area contributed by atoms with Crippen molar-refractivity contribution in [3.05, 3.63) is 28.3 Å². The van der Waals surface area contributed by atoms with Crippen LogP contribution >= 0.6 is 11.6 Å². The number of aryl methyl sites for hydroxylation is 1. The van der Waals surface area contributed by atoms with E-state index in [2.05, 4.69) is 6.07 Å². The molecular weight excluding hydrogens is 222 g/mol. The fourth-order valence-corrected chi connectivity index (χ4v) is 2.14. The number of hydrogen-bond acceptors (Lipinski definition) is 2. The number of nitrogens with two attached hydrogens (primary N) is 1. The maximum atomic E-state index is 6.21. The molecular formula is C13H18ClNO. The van der Waals surface area contributed by atoms with Crippen molar-refractivity contribution in [3.8, 4) is 5.75 Å². The molecule has 0 unspecified atom stereocenters. The molecule has 0 amide bonds. The Kier molecular flexibility index (Phi) is 3.72. The molecule has 0 atom stereocenters. The maximum absolute atomic E-state index is 6.21. The van der Waals surface area contributed by atoms with Crippen molar-refractivity contribution in [3.63, 3.8) is 0 Å². The first-order valence-electron chi connectivity index (χ1n) is 5.82. The monoisotopic (exact) mass is 239 g/mol. The summed E-state index contributed by atoms with van der Waals surface area (Å²) in [7, 11) is 0.